The van der Waals surface area contributed by atoms with Crippen LogP contribution in [0.5, 0.6) is 11.6 Å². The summed E-state index contributed by atoms with van der Waals surface area (Å²) in [5.41, 5.74) is 8.04. The number of carboxylic acids is 1. The third-order valence-corrected chi connectivity index (χ3v) is 9.69. The topological polar surface area (TPSA) is 93.9 Å². The summed E-state index contributed by atoms with van der Waals surface area (Å²) in [5.74, 6) is 1.13. The molecule has 2 heterocycles. The van der Waals surface area contributed by atoms with Crippen LogP contribution in [0.15, 0.2) is 66.9 Å². The molecule has 0 radical (unpaired) electrons. The number of ether oxygens (including phenoxy) is 2. The highest BCUT2D eigenvalue weighted by molar-refractivity contribution is 5.90. The monoisotopic (exact) mass is 605 g/mol. The molecule has 2 fully saturated rings. The Bertz CT molecular complexity index is 1750. The number of carboxylic acid groups (broad SMARTS) is 1. The van der Waals surface area contributed by atoms with Crippen LogP contribution in [0.3, 0.4) is 0 Å². The fraction of sp³-hybridized carbons (Fsp3) is 0.378. The van der Waals surface area contributed by atoms with E-state index in [0.717, 1.165) is 80.6 Å². The molecular weight excluding hydrogens is 566 g/mol. The van der Waals surface area contributed by atoms with Gasteiger partial charge in [-0.25, -0.2) is 9.48 Å². The van der Waals surface area contributed by atoms with E-state index in [1.54, 1.807) is 0 Å². The Balaban J connectivity index is 1.12. The fourth-order valence-electron chi connectivity index (χ4n) is 7.20. The van der Waals surface area contributed by atoms with Gasteiger partial charge in [0.05, 0.1) is 19.0 Å². The standard InChI is InChI=1S/C37H39N3O5/c1-3-23-21-29(13-14-30(23)24-16-18-39(19-17-24)35(41)26-10-11-26)45-33-15-12-25-6-5-9-31(34(25)33)27-7-4-8-28(20-27)40-36(44-2)32(22-38-40)37(42)43/h4-9,13-14,20-22,24,26,33H,3,10-12,15-19H2,1-2H3,(H,42,43). The Kier molecular flexibility index (Phi) is 7.81. The largest absolute Gasteiger partial charge is 0.486 e. The molecule has 0 bridgehead atoms. The van der Waals surface area contributed by atoms with Crippen molar-refractivity contribution < 1.29 is 24.2 Å². The van der Waals surface area contributed by atoms with Crippen LogP contribution in [0.4, 0.5) is 0 Å². The van der Waals surface area contributed by atoms with Gasteiger partial charge in [-0.3, -0.25) is 4.79 Å². The second-order valence-electron chi connectivity index (χ2n) is 12.4. The van der Waals surface area contributed by atoms with E-state index in [9.17, 15) is 14.7 Å². The van der Waals surface area contributed by atoms with E-state index in [4.69, 9.17) is 9.47 Å². The normalized spacial score (nSPS) is 18.1. The van der Waals surface area contributed by atoms with Gasteiger partial charge in [0.25, 0.3) is 0 Å². The van der Waals surface area contributed by atoms with E-state index < -0.39 is 5.97 Å². The molecule has 1 aliphatic heterocycles. The number of hydrogen-bond donors (Lipinski definition) is 1. The number of carbonyl (C=O) groups excluding carboxylic acids is 1. The van der Waals surface area contributed by atoms with E-state index in [1.807, 2.05) is 18.2 Å². The maximum Gasteiger partial charge on any atom is 0.342 e. The molecule has 1 unspecified atom stereocenters. The maximum atomic E-state index is 12.6. The lowest BCUT2D eigenvalue weighted by molar-refractivity contribution is -0.133. The maximum absolute atomic E-state index is 12.6. The summed E-state index contributed by atoms with van der Waals surface area (Å²) in [6.45, 7) is 3.93. The zero-order valence-corrected chi connectivity index (χ0v) is 25.9. The summed E-state index contributed by atoms with van der Waals surface area (Å²) in [6.07, 6.45) is 8.19. The molecule has 1 aromatic heterocycles. The molecule has 45 heavy (non-hydrogen) atoms. The lowest BCUT2D eigenvalue weighted by Gasteiger charge is -2.33. The first-order valence-electron chi connectivity index (χ1n) is 16.1. The number of nitrogens with zero attached hydrogens (tertiary/aromatic N) is 3. The van der Waals surface area contributed by atoms with Crippen LogP contribution in [0.1, 0.15) is 83.7 Å². The van der Waals surface area contributed by atoms with Crippen molar-refractivity contribution in [1.29, 1.82) is 0 Å². The number of aryl methyl sites for hydroxylation is 2. The molecule has 0 spiro atoms. The zero-order valence-electron chi connectivity index (χ0n) is 25.9. The van der Waals surface area contributed by atoms with Gasteiger partial charge in [-0.1, -0.05) is 43.3 Å². The summed E-state index contributed by atoms with van der Waals surface area (Å²) in [5, 5.41) is 13.8. The number of aromatic carboxylic acids is 1. The Morgan fingerprint density at radius 2 is 1.78 bits per heavy atom. The molecule has 1 amide bonds. The lowest BCUT2D eigenvalue weighted by Crippen LogP contribution is -2.38. The Morgan fingerprint density at radius 3 is 2.51 bits per heavy atom. The molecule has 1 saturated carbocycles. The van der Waals surface area contributed by atoms with Gasteiger partial charge in [-0.2, -0.15) is 5.10 Å². The van der Waals surface area contributed by atoms with Crippen LogP contribution in [0.25, 0.3) is 16.8 Å². The quantitative estimate of drug-likeness (QED) is 0.221. The molecule has 1 N–H and O–H groups in total. The van der Waals surface area contributed by atoms with Crippen LogP contribution in [0.2, 0.25) is 0 Å². The number of methoxy groups -OCH3 is 1. The van der Waals surface area contributed by atoms with Gasteiger partial charge in [0, 0.05) is 24.6 Å². The van der Waals surface area contributed by atoms with Crippen LogP contribution in [-0.2, 0) is 17.6 Å². The number of benzene rings is 3. The van der Waals surface area contributed by atoms with Crippen molar-refractivity contribution in [2.24, 2.45) is 5.92 Å². The van der Waals surface area contributed by atoms with Gasteiger partial charge in [0.2, 0.25) is 11.8 Å². The van der Waals surface area contributed by atoms with Gasteiger partial charge in [-0.15, -0.1) is 0 Å². The second kappa shape index (κ2) is 12.1. The van der Waals surface area contributed by atoms with Crippen molar-refractivity contribution in [3.63, 3.8) is 0 Å². The highest BCUT2D eigenvalue weighted by Crippen LogP contribution is 2.43. The highest BCUT2D eigenvalue weighted by Gasteiger charge is 2.35. The van der Waals surface area contributed by atoms with Crippen LogP contribution in [-0.4, -0.2) is 51.9 Å². The van der Waals surface area contributed by atoms with Gasteiger partial charge in [0.1, 0.15) is 17.4 Å². The molecule has 7 rings (SSSR count). The molecule has 1 saturated heterocycles. The molecule has 8 nitrogen and oxygen atoms in total. The number of fused-ring (bicyclic) bond motifs is 1. The number of aromatic nitrogens is 2. The van der Waals surface area contributed by atoms with Gasteiger partial charge < -0.3 is 19.5 Å². The summed E-state index contributed by atoms with van der Waals surface area (Å²) in [4.78, 5) is 26.3. The van der Waals surface area contributed by atoms with Crippen molar-refractivity contribution in [3.8, 4) is 28.4 Å². The van der Waals surface area contributed by atoms with E-state index in [0.29, 0.717) is 17.7 Å². The Hall–Kier alpha value is -4.59. The SMILES string of the molecule is CCc1cc(OC2CCc3cccc(-c4cccc(-n5ncc(C(=O)O)c5OC)c4)c32)ccc1C1CCN(C(=O)C2CC2)CC1. The number of carbonyl (C=O) groups is 2. The minimum Gasteiger partial charge on any atom is -0.486 e. The molecule has 3 aromatic carbocycles. The summed E-state index contributed by atoms with van der Waals surface area (Å²) in [6, 6.07) is 20.9. The third-order valence-electron chi connectivity index (χ3n) is 9.69. The second-order valence-corrected chi connectivity index (χ2v) is 12.4. The third kappa shape index (κ3) is 5.58. The molecule has 232 valence electrons. The first-order valence-corrected chi connectivity index (χ1v) is 16.1. The van der Waals surface area contributed by atoms with Crippen molar-refractivity contribution >= 4 is 11.9 Å². The first-order chi connectivity index (χ1) is 21.9. The minimum atomic E-state index is -1.08. The smallest absolute Gasteiger partial charge is 0.342 e. The molecule has 1 atom stereocenters. The summed E-state index contributed by atoms with van der Waals surface area (Å²) >= 11 is 0. The van der Waals surface area contributed by atoms with E-state index in [1.165, 1.54) is 40.2 Å². The Morgan fingerprint density at radius 1 is 0.978 bits per heavy atom. The molecule has 8 heteroatoms. The average Bonchev–Trinajstić information content (AvgIpc) is 3.70. The van der Waals surface area contributed by atoms with Gasteiger partial charge in [-0.05, 0) is 103 Å². The number of rotatable bonds is 9. The van der Waals surface area contributed by atoms with Gasteiger partial charge >= 0.3 is 5.97 Å². The van der Waals surface area contributed by atoms with E-state index in [2.05, 4.69) is 59.4 Å². The highest BCUT2D eigenvalue weighted by atomic mass is 16.5. The van der Waals surface area contributed by atoms with Crippen molar-refractivity contribution in [2.75, 3.05) is 20.2 Å². The van der Waals surface area contributed by atoms with Crippen molar-refractivity contribution in [2.45, 2.75) is 63.9 Å². The van der Waals surface area contributed by atoms with Crippen LogP contribution in [0, 0.1) is 5.92 Å². The predicted octanol–water partition coefficient (Wildman–Crippen LogP) is 6.99. The van der Waals surface area contributed by atoms with Crippen molar-refractivity contribution in [1.82, 2.24) is 14.7 Å². The number of likely N-dealkylation sites (tertiary alicyclic amines) is 1. The average molecular weight is 606 g/mol. The minimum absolute atomic E-state index is 0.0172. The molecular formula is C37H39N3O5. The van der Waals surface area contributed by atoms with Crippen LogP contribution < -0.4 is 9.47 Å². The van der Waals surface area contributed by atoms with Gasteiger partial charge in [0.15, 0.2) is 0 Å². The Labute approximate surface area is 263 Å². The van der Waals surface area contributed by atoms with E-state index in [-0.39, 0.29) is 17.5 Å². The molecule has 3 aliphatic rings. The summed E-state index contributed by atoms with van der Waals surface area (Å²) < 4.78 is 13.7. The number of hydrogen-bond acceptors (Lipinski definition) is 5. The number of piperidine rings is 1. The zero-order chi connectivity index (χ0) is 31.1. The van der Waals surface area contributed by atoms with Crippen LogP contribution >= 0.6 is 0 Å². The lowest BCUT2D eigenvalue weighted by atomic mass is 9.85. The summed E-state index contributed by atoms with van der Waals surface area (Å²) in [7, 11) is 1.45. The molecule has 4 aromatic rings. The first kappa shape index (κ1) is 29.1. The van der Waals surface area contributed by atoms with Crippen molar-refractivity contribution in [3.05, 3.63) is 94.7 Å². The molecule has 2 aliphatic carbocycles. The van der Waals surface area contributed by atoms with E-state index >= 15 is 0 Å². The number of amides is 1. The fourth-order valence-corrected chi connectivity index (χ4v) is 7.20. The predicted molar refractivity (Wildman–Crippen MR) is 171 cm³/mol.